The summed E-state index contributed by atoms with van der Waals surface area (Å²) in [7, 11) is 0. The minimum atomic E-state index is -0.508. The Labute approximate surface area is 186 Å². The molecule has 0 spiro atoms. The van der Waals surface area contributed by atoms with Crippen molar-refractivity contribution in [3.8, 4) is 10.4 Å². The number of pyridine rings is 1. The number of aliphatic hydroxyl groups is 1. The van der Waals surface area contributed by atoms with E-state index in [0.29, 0.717) is 31.7 Å². The number of carbonyl (C=O) groups excluding carboxylic acids is 1. The molecule has 3 heterocycles. The quantitative estimate of drug-likeness (QED) is 0.547. The Bertz CT molecular complexity index is 1030. The maximum absolute atomic E-state index is 12.2. The van der Waals surface area contributed by atoms with Crippen molar-refractivity contribution in [1.82, 2.24) is 14.9 Å². The number of aromatic nitrogens is 2. The third kappa shape index (κ3) is 4.61. The van der Waals surface area contributed by atoms with E-state index in [1.807, 2.05) is 42.6 Å². The molecule has 1 atom stereocenters. The van der Waals surface area contributed by atoms with Crippen LogP contribution in [0.4, 0.5) is 10.9 Å². The van der Waals surface area contributed by atoms with Crippen molar-refractivity contribution in [3.63, 3.8) is 0 Å². The van der Waals surface area contributed by atoms with Crippen LogP contribution in [0.1, 0.15) is 25.5 Å². The zero-order chi connectivity index (χ0) is 21.8. The number of nitrogens with two attached hydrogens (primary N) is 1. The molecule has 4 rings (SSSR count). The first-order valence-electron chi connectivity index (χ1n) is 10.4. The number of nitrogens with one attached hydrogen (secondary N) is 1. The van der Waals surface area contributed by atoms with Gasteiger partial charge in [-0.05, 0) is 37.5 Å². The van der Waals surface area contributed by atoms with Gasteiger partial charge >= 0.3 is 0 Å². The van der Waals surface area contributed by atoms with E-state index in [1.165, 1.54) is 0 Å². The number of hydrogen-bond donors (Lipinski definition) is 3. The Hall–Kier alpha value is -2.81. The molecule has 1 saturated heterocycles. The number of piperidine rings is 1. The molecule has 0 bridgehead atoms. The largest absolute Gasteiger partial charge is 0.395 e. The molecule has 0 aliphatic carbocycles. The summed E-state index contributed by atoms with van der Waals surface area (Å²) in [5.74, 6) is 0.640. The number of hydrogen-bond acceptors (Lipinski definition) is 7. The fraction of sp³-hybridized carbons (Fsp3) is 0.348. The number of aliphatic hydroxyl groups excluding tert-OH is 1. The van der Waals surface area contributed by atoms with Crippen LogP contribution in [0.2, 0.25) is 0 Å². The Kier molecular flexibility index (Phi) is 6.31. The summed E-state index contributed by atoms with van der Waals surface area (Å²) >= 11 is 1.57. The van der Waals surface area contributed by atoms with E-state index < -0.39 is 11.5 Å². The van der Waals surface area contributed by atoms with Gasteiger partial charge in [0.1, 0.15) is 5.82 Å². The molecule has 31 heavy (non-hydrogen) atoms. The molecule has 0 saturated carbocycles. The minimum absolute atomic E-state index is 0.0148. The van der Waals surface area contributed by atoms with Crippen LogP contribution in [0.5, 0.6) is 0 Å². The standard InChI is InChI=1S/C23H27N5O2S/c1-16(24)21(30)28-12-10-23(15-29,11-13-28)19-8-5-9-20(26-19)27-22-25-14-18(31-22)17-6-3-2-4-7-17/h2-9,14,16,29H,10-13,15,24H2,1H3,(H,25,26,27)/t16-/m1/s1. The number of benzene rings is 1. The highest BCUT2D eigenvalue weighted by atomic mass is 32.1. The third-order valence-electron chi connectivity index (χ3n) is 5.82. The molecule has 3 aromatic rings. The van der Waals surface area contributed by atoms with E-state index in [-0.39, 0.29) is 12.5 Å². The van der Waals surface area contributed by atoms with Crippen molar-refractivity contribution >= 4 is 28.2 Å². The summed E-state index contributed by atoms with van der Waals surface area (Å²) in [4.78, 5) is 24.3. The van der Waals surface area contributed by atoms with Crippen molar-refractivity contribution in [1.29, 1.82) is 0 Å². The molecule has 7 nitrogen and oxygen atoms in total. The molecule has 0 unspecified atom stereocenters. The highest BCUT2D eigenvalue weighted by Gasteiger charge is 2.38. The van der Waals surface area contributed by atoms with Gasteiger partial charge in [0.2, 0.25) is 5.91 Å². The first kappa shape index (κ1) is 21.4. The number of amides is 1. The van der Waals surface area contributed by atoms with Crippen molar-refractivity contribution in [3.05, 3.63) is 60.4 Å². The molecule has 1 aliphatic heterocycles. The Morgan fingerprint density at radius 2 is 1.97 bits per heavy atom. The van der Waals surface area contributed by atoms with Crippen molar-refractivity contribution in [2.75, 3.05) is 25.0 Å². The molecule has 1 aliphatic rings. The second-order valence-electron chi connectivity index (χ2n) is 7.98. The van der Waals surface area contributed by atoms with E-state index in [4.69, 9.17) is 10.7 Å². The summed E-state index contributed by atoms with van der Waals surface area (Å²) in [6.07, 6.45) is 3.15. The van der Waals surface area contributed by atoms with Gasteiger partial charge in [0.25, 0.3) is 0 Å². The number of rotatable bonds is 6. The van der Waals surface area contributed by atoms with Crippen LogP contribution in [0.15, 0.2) is 54.7 Å². The molecule has 1 aromatic carbocycles. The maximum Gasteiger partial charge on any atom is 0.239 e. The van der Waals surface area contributed by atoms with Crippen molar-refractivity contribution in [2.45, 2.75) is 31.2 Å². The van der Waals surface area contributed by atoms with Gasteiger partial charge in [0.15, 0.2) is 5.13 Å². The second-order valence-corrected chi connectivity index (χ2v) is 9.01. The zero-order valence-electron chi connectivity index (χ0n) is 17.5. The topological polar surface area (TPSA) is 104 Å². The number of carbonyl (C=O) groups is 1. The molecule has 8 heteroatoms. The number of nitrogens with zero attached hydrogens (tertiary/aromatic N) is 3. The Morgan fingerprint density at radius 3 is 2.65 bits per heavy atom. The molecular formula is C23H27N5O2S. The van der Waals surface area contributed by atoms with Crippen LogP contribution < -0.4 is 11.1 Å². The lowest BCUT2D eigenvalue weighted by Gasteiger charge is -2.40. The van der Waals surface area contributed by atoms with Crippen LogP contribution in [-0.2, 0) is 10.2 Å². The van der Waals surface area contributed by atoms with E-state index >= 15 is 0 Å². The van der Waals surface area contributed by atoms with Gasteiger partial charge in [-0.15, -0.1) is 0 Å². The maximum atomic E-state index is 12.2. The molecule has 162 valence electrons. The smallest absolute Gasteiger partial charge is 0.239 e. The lowest BCUT2D eigenvalue weighted by molar-refractivity contribution is -0.134. The van der Waals surface area contributed by atoms with Gasteiger partial charge in [-0.3, -0.25) is 4.79 Å². The van der Waals surface area contributed by atoms with E-state index in [9.17, 15) is 9.90 Å². The SMILES string of the molecule is C[C@@H](N)C(=O)N1CCC(CO)(c2cccc(Nc3ncc(-c4ccccc4)s3)n2)CC1. The first-order valence-corrected chi connectivity index (χ1v) is 11.2. The van der Waals surface area contributed by atoms with Gasteiger partial charge in [-0.25, -0.2) is 9.97 Å². The zero-order valence-corrected chi connectivity index (χ0v) is 18.3. The predicted molar refractivity (Wildman–Crippen MR) is 123 cm³/mol. The normalized spacial score (nSPS) is 16.7. The molecule has 0 radical (unpaired) electrons. The van der Waals surface area contributed by atoms with Crippen LogP contribution in [-0.4, -0.2) is 51.6 Å². The average molecular weight is 438 g/mol. The summed E-state index contributed by atoms with van der Waals surface area (Å²) in [6.45, 7) is 2.81. The Morgan fingerprint density at radius 1 is 1.23 bits per heavy atom. The van der Waals surface area contributed by atoms with Crippen LogP contribution in [0.3, 0.4) is 0 Å². The van der Waals surface area contributed by atoms with E-state index in [1.54, 1.807) is 23.2 Å². The number of likely N-dealkylation sites (tertiary alicyclic amines) is 1. The first-order chi connectivity index (χ1) is 15.0. The lowest BCUT2D eigenvalue weighted by atomic mass is 9.76. The third-order valence-corrected chi connectivity index (χ3v) is 6.78. The molecule has 4 N–H and O–H groups in total. The molecular weight excluding hydrogens is 410 g/mol. The predicted octanol–water partition coefficient (Wildman–Crippen LogP) is 3.15. The highest BCUT2D eigenvalue weighted by Crippen LogP contribution is 2.35. The van der Waals surface area contributed by atoms with Gasteiger partial charge in [-0.2, -0.15) is 0 Å². The summed E-state index contributed by atoms with van der Waals surface area (Å²) < 4.78 is 0. The summed E-state index contributed by atoms with van der Waals surface area (Å²) in [5.41, 5.74) is 7.23. The minimum Gasteiger partial charge on any atom is -0.395 e. The van der Waals surface area contributed by atoms with Crippen LogP contribution in [0.25, 0.3) is 10.4 Å². The summed E-state index contributed by atoms with van der Waals surface area (Å²) in [6, 6.07) is 15.4. The van der Waals surface area contributed by atoms with Crippen LogP contribution in [0, 0.1) is 0 Å². The van der Waals surface area contributed by atoms with Gasteiger partial charge in [-0.1, -0.05) is 47.7 Å². The van der Waals surface area contributed by atoms with Crippen molar-refractivity contribution < 1.29 is 9.90 Å². The number of anilines is 2. The van der Waals surface area contributed by atoms with Gasteiger partial charge in [0.05, 0.1) is 23.2 Å². The molecule has 1 amide bonds. The number of thiazole rings is 1. The van der Waals surface area contributed by atoms with Crippen LogP contribution >= 0.6 is 11.3 Å². The fourth-order valence-electron chi connectivity index (χ4n) is 3.92. The van der Waals surface area contributed by atoms with Gasteiger partial charge in [0, 0.05) is 24.7 Å². The fourth-order valence-corrected chi connectivity index (χ4v) is 4.74. The Balaban J connectivity index is 1.49. The summed E-state index contributed by atoms with van der Waals surface area (Å²) in [5, 5.41) is 14.3. The second kappa shape index (κ2) is 9.13. The molecule has 1 fully saturated rings. The highest BCUT2D eigenvalue weighted by molar-refractivity contribution is 7.18. The molecule has 2 aromatic heterocycles. The van der Waals surface area contributed by atoms with E-state index in [0.717, 1.165) is 21.3 Å². The van der Waals surface area contributed by atoms with E-state index in [2.05, 4.69) is 22.4 Å². The average Bonchev–Trinajstić information content (AvgIpc) is 3.28. The monoisotopic (exact) mass is 437 g/mol. The van der Waals surface area contributed by atoms with Gasteiger partial charge < -0.3 is 21.1 Å². The van der Waals surface area contributed by atoms with Crippen molar-refractivity contribution in [2.24, 2.45) is 5.73 Å². The lowest BCUT2D eigenvalue weighted by Crippen LogP contribution is -2.51.